The van der Waals surface area contributed by atoms with E-state index in [2.05, 4.69) is 4.98 Å². The smallest absolute Gasteiger partial charge is 0.272 e. The van der Waals surface area contributed by atoms with E-state index in [0.29, 0.717) is 17.3 Å². The van der Waals surface area contributed by atoms with Gasteiger partial charge >= 0.3 is 0 Å². The summed E-state index contributed by atoms with van der Waals surface area (Å²) in [6.07, 6.45) is 3.05. The van der Waals surface area contributed by atoms with Crippen molar-refractivity contribution in [3.8, 4) is 0 Å². The molecule has 1 atom stereocenters. The molecule has 0 aliphatic carbocycles. The number of halogens is 2. The molecular formula is C19H20Cl2N2O3S. The van der Waals surface area contributed by atoms with E-state index in [-0.39, 0.29) is 33.3 Å². The molecule has 0 N–H and O–H groups in total. The summed E-state index contributed by atoms with van der Waals surface area (Å²) in [6.45, 7) is 2.72. The van der Waals surface area contributed by atoms with Crippen molar-refractivity contribution in [1.82, 2.24) is 9.88 Å². The van der Waals surface area contributed by atoms with E-state index in [1.165, 1.54) is 18.2 Å². The van der Waals surface area contributed by atoms with Gasteiger partial charge in [0.1, 0.15) is 5.69 Å². The van der Waals surface area contributed by atoms with E-state index in [9.17, 15) is 13.2 Å². The van der Waals surface area contributed by atoms with Gasteiger partial charge in [0.15, 0.2) is 9.84 Å². The van der Waals surface area contributed by atoms with Crippen LogP contribution in [0.15, 0.2) is 41.3 Å². The van der Waals surface area contributed by atoms with Gasteiger partial charge in [-0.25, -0.2) is 13.4 Å². The van der Waals surface area contributed by atoms with Crippen molar-refractivity contribution < 1.29 is 13.2 Å². The van der Waals surface area contributed by atoms with Crippen molar-refractivity contribution in [3.63, 3.8) is 0 Å². The summed E-state index contributed by atoms with van der Waals surface area (Å²) in [5.41, 5.74) is 0.565. The molecule has 1 aromatic heterocycles. The highest BCUT2D eigenvalue weighted by atomic mass is 35.5. The highest BCUT2D eigenvalue weighted by Gasteiger charge is 2.26. The lowest BCUT2D eigenvalue weighted by Crippen LogP contribution is -2.42. The van der Waals surface area contributed by atoms with Crippen molar-refractivity contribution in [2.45, 2.75) is 42.9 Å². The van der Waals surface area contributed by atoms with E-state index in [1.807, 2.05) is 6.92 Å². The highest BCUT2D eigenvalue weighted by molar-refractivity contribution is 7.90. The lowest BCUT2D eigenvalue weighted by atomic mass is 10.0. The zero-order valence-electron chi connectivity index (χ0n) is 14.9. The monoisotopic (exact) mass is 426 g/mol. The fourth-order valence-corrected chi connectivity index (χ4v) is 5.32. The van der Waals surface area contributed by atoms with Gasteiger partial charge < -0.3 is 4.90 Å². The molecule has 2 heterocycles. The molecular weight excluding hydrogens is 407 g/mol. The minimum Gasteiger partial charge on any atom is -0.335 e. The summed E-state index contributed by atoms with van der Waals surface area (Å²) in [7, 11) is -3.72. The molecule has 0 spiro atoms. The first-order valence-electron chi connectivity index (χ1n) is 8.72. The Morgan fingerprint density at radius 1 is 1.22 bits per heavy atom. The number of likely N-dealkylation sites (tertiary alicyclic amines) is 1. The Hall–Kier alpha value is -1.63. The number of sulfone groups is 1. The number of nitrogens with zero attached hydrogens (tertiary/aromatic N) is 2. The third-order valence-corrected chi connectivity index (χ3v) is 7.02. The molecule has 0 saturated carbocycles. The number of piperidine rings is 1. The second-order valence-electron chi connectivity index (χ2n) is 6.69. The maximum atomic E-state index is 12.8. The van der Waals surface area contributed by atoms with Gasteiger partial charge in [0.05, 0.1) is 21.4 Å². The summed E-state index contributed by atoms with van der Waals surface area (Å²) >= 11 is 11.9. The fraction of sp³-hybridized carbons (Fsp3) is 0.368. The maximum Gasteiger partial charge on any atom is 0.272 e. The number of rotatable bonds is 4. The van der Waals surface area contributed by atoms with Crippen LogP contribution in [-0.2, 0) is 15.6 Å². The first-order chi connectivity index (χ1) is 12.8. The zero-order valence-corrected chi connectivity index (χ0v) is 17.2. The molecule has 8 heteroatoms. The predicted molar refractivity (Wildman–Crippen MR) is 106 cm³/mol. The summed E-state index contributed by atoms with van der Waals surface area (Å²) in [5, 5.41) is 0.428. The van der Waals surface area contributed by atoms with Crippen molar-refractivity contribution in [3.05, 3.63) is 57.8 Å². The van der Waals surface area contributed by atoms with Crippen LogP contribution in [0.1, 0.15) is 42.4 Å². The van der Waals surface area contributed by atoms with E-state index in [4.69, 9.17) is 23.2 Å². The molecule has 5 nitrogen and oxygen atoms in total. The Morgan fingerprint density at radius 3 is 2.70 bits per heavy atom. The van der Waals surface area contributed by atoms with E-state index in [1.54, 1.807) is 23.1 Å². The Kier molecular flexibility index (Phi) is 6.08. The van der Waals surface area contributed by atoms with Crippen LogP contribution in [0, 0.1) is 0 Å². The fourth-order valence-electron chi connectivity index (χ4n) is 3.23. The number of pyridine rings is 1. The van der Waals surface area contributed by atoms with E-state index >= 15 is 0 Å². The van der Waals surface area contributed by atoms with Gasteiger partial charge in [-0.3, -0.25) is 4.79 Å². The van der Waals surface area contributed by atoms with Crippen LogP contribution >= 0.6 is 23.2 Å². The molecule has 3 rings (SSSR count). The molecule has 2 aromatic rings. The SMILES string of the molecule is CC1CCCCN1C(=O)c1cccc(CS(=O)(=O)c2ccc(Cl)cc2Cl)n1. The number of carbonyl (C=O) groups excluding carboxylic acids is 1. The van der Waals surface area contributed by atoms with E-state index in [0.717, 1.165) is 19.3 Å². The lowest BCUT2D eigenvalue weighted by Gasteiger charge is -2.33. The molecule has 0 bridgehead atoms. The highest BCUT2D eigenvalue weighted by Crippen LogP contribution is 2.27. The van der Waals surface area contributed by atoms with Gasteiger partial charge in [0, 0.05) is 17.6 Å². The standard InChI is InChI=1S/C19H20Cl2N2O3S/c1-13-5-2-3-10-23(13)19(24)17-7-4-6-15(22-17)12-27(25,26)18-9-8-14(20)11-16(18)21/h4,6-9,11,13H,2-3,5,10,12H2,1H3. The average molecular weight is 427 g/mol. The maximum absolute atomic E-state index is 12.8. The molecule has 1 aromatic carbocycles. The van der Waals surface area contributed by atoms with Gasteiger partial charge in [-0.15, -0.1) is 0 Å². The third-order valence-electron chi connectivity index (χ3n) is 4.66. The minimum atomic E-state index is -3.72. The van der Waals surface area contributed by atoms with Gasteiger partial charge in [0.25, 0.3) is 5.91 Å². The van der Waals surface area contributed by atoms with Crippen LogP contribution in [0.25, 0.3) is 0 Å². The molecule has 27 heavy (non-hydrogen) atoms. The van der Waals surface area contributed by atoms with Crippen molar-refractivity contribution in [2.75, 3.05) is 6.54 Å². The van der Waals surface area contributed by atoms with Crippen molar-refractivity contribution >= 4 is 38.9 Å². The minimum absolute atomic E-state index is 0.00301. The molecule has 1 aliphatic heterocycles. The predicted octanol–water partition coefficient (Wildman–Crippen LogP) is 4.38. The second kappa shape index (κ2) is 8.17. The number of amides is 1. The topological polar surface area (TPSA) is 67.3 Å². The van der Waals surface area contributed by atoms with Crippen LogP contribution in [0.3, 0.4) is 0 Å². The van der Waals surface area contributed by atoms with Crippen LogP contribution < -0.4 is 0 Å². The second-order valence-corrected chi connectivity index (χ2v) is 9.49. The van der Waals surface area contributed by atoms with Gasteiger partial charge in [-0.05, 0) is 56.5 Å². The van der Waals surface area contributed by atoms with Crippen LogP contribution in [0.5, 0.6) is 0 Å². The van der Waals surface area contributed by atoms with Crippen LogP contribution in [0.2, 0.25) is 10.0 Å². The average Bonchev–Trinajstić information content (AvgIpc) is 2.61. The summed E-state index contributed by atoms with van der Waals surface area (Å²) < 4.78 is 25.4. The number of carbonyl (C=O) groups is 1. The normalized spacial score (nSPS) is 17.7. The molecule has 0 radical (unpaired) electrons. The number of aromatic nitrogens is 1. The molecule has 1 aliphatic rings. The van der Waals surface area contributed by atoms with Crippen LogP contribution in [0.4, 0.5) is 0 Å². The van der Waals surface area contributed by atoms with Crippen molar-refractivity contribution in [1.29, 1.82) is 0 Å². The third kappa shape index (κ3) is 4.62. The lowest BCUT2D eigenvalue weighted by molar-refractivity contribution is 0.0629. The molecule has 1 fully saturated rings. The van der Waals surface area contributed by atoms with Crippen LogP contribution in [-0.4, -0.2) is 36.8 Å². The first kappa shape index (κ1) is 20.1. The Balaban J connectivity index is 1.84. The summed E-state index contributed by atoms with van der Waals surface area (Å²) in [4.78, 5) is 18.9. The number of hydrogen-bond donors (Lipinski definition) is 0. The summed E-state index contributed by atoms with van der Waals surface area (Å²) in [6, 6.07) is 9.28. The Morgan fingerprint density at radius 2 is 2.00 bits per heavy atom. The molecule has 1 amide bonds. The molecule has 144 valence electrons. The zero-order chi connectivity index (χ0) is 19.6. The quantitative estimate of drug-likeness (QED) is 0.727. The Bertz CT molecular complexity index is 963. The largest absolute Gasteiger partial charge is 0.335 e. The first-order valence-corrected chi connectivity index (χ1v) is 11.1. The van der Waals surface area contributed by atoms with Gasteiger partial charge in [0.2, 0.25) is 0 Å². The summed E-state index contributed by atoms with van der Waals surface area (Å²) in [5.74, 6) is -0.503. The van der Waals surface area contributed by atoms with E-state index < -0.39 is 9.84 Å². The Labute approximate surface area is 169 Å². The van der Waals surface area contributed by atoms with Gasteiger partial charge in [-0.1, -0.05) is 29.3 Å². The van der Waals surface area contributed by atoms with Crippen molar-refractivity contribution in [2.24, 2.45) is 0 Å². The molecule has 1 saturated heterocycles. The number of hydrogen-bond acceptors (Lipinski definition) is 4. The molecule has 1 unspecified atom stereocenters. The number of benzene rings is 1. The van der Waals surface area contributed by atoms with Gasteiger partial charge in [-0.2, -0.15) is 0 Å².